The zero-order valence-electron chi connectivity index (χ0n) is 11.6. The van der Waals surface area contributed by atoms with E-state index in [9.17, 15) is 4.79 Å². The number of benzene rings is 1. The lowest BCUT2D eigenvalue weighted by Gasteiger charge is -2.04. The number of aromatic nitrogens is 1. The van der Waals surface area contributed by atoms with Crippen LogP contribution < -0.4 is 5.32 Å². The van der Waals surface area contributed by atoms with Crippen molar-refractivity contribution in [1.29, 1.82) is 0 Å². The minimum Gasteiger partial charge on any atom is -0.467 e. The normalized spacial score (nSPS) is 11.0. The first kappa shape index (κ1) is 13.8. The van der Waals surface area contributed by atoms with E-state index in [1.54, 1.807) is 12.3 Å². The van der Waals surface area contributed by atoms with Crippen LogP contribution in [0.2, 0.25) is 5.02 Å². The number of furan rings is 1. The molecule has 0 bridgehead atoms. The maximum Gasteiger partial charge on any atom is 0.224 e. The predicted molar refractivity (Wildman–Crippen MR) is 82.3 cm³/mol. The average molecular weight is 303 g/mol. The number of amides is 1. The fraction of sp³-hybridized carbons (Fsp3) is 0.188. The van der Waals surface area contributed by atoms with E-state index >= 15 is 0 Å². The number of rotatable bonds is 4. The van der Waals surface area contributed by atoms with Crippen molar-refractivity contribution in [1.82, 2.24) is 10.3 Å². The molecule has 3 aromatic rings. The molecule has 3 rings (SSSR count). The number of hydrogen-bond donors (Lipinski definition) is 2. The molecule has 2 N–H and O–H groups in total. The summed E-state index contributed by atoms with van der Waals surface area (Å²) in [6, 6.07) is 9.27. The van der Waals surface area contributed by atoms with Crippen molar-refractivity contribution in [3.63, 3.8) is 0 Å². The summed E-state index contributed by atoms with van der Waals surface area (Å²) in [5.74, 6) is 0.692. The summed E-state index contributed by atoms with van der Waals surface area (Å²) in [5, 5.41) is 4.51. The molecule has 0 saturated heterocycles. The van der Waals surface area contributed by atoms with Gasteiger partial charge in [0, 0.05) is 21.6 Å². The van der Waals surface area contributed by atoms with E-state index in [0.29, 0.717) is 18.0 Å². The van der Waals surface area contributed by atoms with Crippen LogP contribution in [0.15, 0.2) is 41.0 Å². The molecular weight excluding hydrogens is 288 g/mol. The second-order valence-electron chi connectivity index (χ2n) is 4.95. The van der Waals surface area contributed by atoms with E-state index in [0.717, 1.165) is 27.9 Å². The quantitative estimate of drug-likeness (QED) is 0.774. The van der Waals surface area contributed by atoms with Gasteiger partial charge in [-0.1, -0.05) is 11.6 Å². The molecule has 21 heavy (non-hydrogen) atoms. The van der Waals surface area contributed by atoms with Gasteiger partial charge >= 0.3 is 0 Å². The highest BCUT2D eigenvalue weighted by atomic mass is 35.5. The van der Waals surface area contributed by atoms with Gasteiger partial charge in [0.05, 0.1) is 19.2 Å². The molecule has 4 nitrogen and oxygen atoms in total. The number of aromatic amines is 1. The molecule has 0 aliphatic carbocycles. The topological polar surface area (TPSA) is 58.0 Å². The molecule has 0 fully saturated rings. The van der Waals surface area contributed by atoms with E-state index in [1.807, 2.05) is 31.2 Å². The third-order valence-corrected chi connectivity index (χ3v) is 3.69. The summed E-state index contributed by atoms with van der Waals surface area (Å²) in [6.45, 7) is 2.36. The molecule has 2 heterocycles. The van der Waals surface area contributed by atoms with Crippen LogP contribution in [0.4, 0.5) is 0 Å². The number of fused-ring (bicyclic) bond motifs is 1. The molecule has 0 unspecified atom stereocenters. The predicted octanol–water partition coefficient (Wildman–Crippen LogP) is 3.58. The highest BCUT2D eigenvalue weighted by Crippen LogP contribution is 2.25. The van der Waals surface area contributed by atoms with Crippen LogP contribution in [0.25, 0.3) is 10.9 Å². The van der Waals surface area contributed by atoms with E-state index in [-0.39, 0.29) is 5.91 Å². The van der Waals surface area contributed by atoms with Gasteiger partial charge in [0.25, 0.3) is 0 Å². The van der Waals surface area contributed by atoms with Gasteiger partial charge in [-0.05, 0) is 42.8 Å². The minimum atomic E-state index is -0.0459. The van der Waals surface area contributed by atoms with Gasteiger partial charge in [0.2, 0.25) is 5.91 Å². The molecule has 0 radical (unpaired) electrons. The lowest BCUT2D eigenvalue weighted by Crippen LogP contribution is -2.24. The highest BCUT2D eigenvalue weighted by Gasteiger charge is 2.13. The lowest BCUT2D eigenvalue weighted by atomic mass is 10.1. The molecular formula is C16H15ClN2O2. The summed E-state index contributed by atoms with van der Waals surface area (Å²) in [4.78, 5) is 15.4. The van der Waals surface area contributed by atoms with Crippen LogP contribution in [0.1, 0.15) is 17.0 Å². The molecule has 0 aliphatic heterocycles. The Hall–Kier alpha value is -2.20. The number of H-pyrrole nitrogens is 1. The second kappa shape index (κ2) is 5.66. The molecule has 0 atom stereocenters. The number of carbonyl (C=O) groups excluding carboxylic acids is 1. The van der Waals surface area contributed by atoms with Crippen molar-refractivity contribution < 1.29 is 9.21 Å². The first-order chi connectivity index (χ1) is 10.1. The summed E-state index contributed by atoms with van der Waals surface area (Å²) >= 11 is 6.04. The Kier molecular flexibility index (Phi) is 3.71. The van der Waals surface area contributed by atoms with Crippen LogP contribution >= 0.6 is 11.6 Å². The first-order valence-corrected chi connectivity index (χ1v) is 7.07. The molecule has 1 amide bonds. The van der Waals surface area contributed by atoms with Gasteiger partial charge in [-0.25, -0.2) is 0 Å². The fourth-order valence-electron chi connectivity index (χ4n) is 2.40. The number of carbonyl (C=O) groups is 1. The van der Waals surface area contributed by atoms with Crippen molar-refractivity contribution in [3.8, 4) is 0 Å². The van der Waals surface area contributed by atoms with Crippen LogP contribution in [-0.4, -0.2) is 10.9 Å². The van der Waals surface area contributed by atoms with Gasteiger partial charge in [-0.15, -0.1) is 0 Å². The highest BCUT2D eigenvalue weighted by molar-refractivity contribution is 6.31. The Bertz CT molecular complexity index is 775. The second-order valence-corrected chi connectivity index (χ2v) is 5.39. The van der Waals surface area contributed by atoms with Crippen LogP contribution in [0, 0.1) is 6.92 Å². The van der Waals surface area contributed by atoms with Crippen molar-refractivity contribution in [2.45, 2.75) is 19.9 Å². The lowest BCUT2D eigenvalue weighted by molar-refractivity contribution is -0.120. The first-order valence-electron chi connectivity index (χ1n) is 6.69. The molecule has 1 aromatic carbocycles. The van der Waals surface area contributed by atoms with Gasteiger partial charge in [0.1, 0.15) is 5.76 Å². The Labute approximate surface area is 127 Å². The summed E-state index contributed by atoms with van der Waals surface area (Å²) in [5.41, 5.74) is 2.95. The van der Waals surface area contributed by atoms with Crippen LogP contribution in [-0.2, 0) is 17.8 Å². The fourth-order valence-corrected chi connectivity index (χ4v) is 2.58. The number of halogens is 1. The number of hydrogen-bond acceptors (Lipinski definition) is 2. The standard InChI is InChI=1S/C16H15ClN2O2/c1-10-13(14-7-11(17)4-5-15(14)19-10)8-16(20)18-9-12-3-2-6-21-12/h2-7,19H,8-9H2,1H3,(H,18,20). The smallest absolute Gasteiger partial charge is 0.224 e. The SMILES string of the molecule is Cc1[nH]c2ccc(Cl)cc2c1CC(=O)NCc1ccco1. The van der Waals surface area contributed by atoms with E-state index < -0.39 is 0 Å². The van der Waals surface area contributed by atoms with Gasteiger partial charge in [-0.2, -0.15) is 0 Å². The zero-order valence-corrected chi connectivity index (χ0v) is 12.3. The Balaban J connectivity index is 1.76. The largest absolute Gasteiger partial charge is 0.467 e. The van der Waals surface area contributed by atoms with Crippen LogP contribution in [0.5, 0.6) is 0 Å². The Morgan fingerprint density at radius 2 is 2.24 bits per heavy atom. The summed E-state index contributed by atoms with van der Waals surface area (Å²) < 4.78 is 5.19. The van der Waals surface area contributed by atoms with Crippen LogP contribution in [0.3, 0.4) is 0 Å². The van der Waals surface area contributed by atoms with Crippen molar-refractivity contribution in [3.05, 3.63) is 58.6 Å². The monoisotopic (exact) mass is 302 g/mol. The Morgan fingerprint density at radius 1 is 1.38 bits per heavy atom. The van der Waals surface area contributed by atoms with Crippen molar-refractivity contribution in [2.24, 2.45) is 0 Å². The molecule has 0 spiro atoms. The van der Waals surface area contributed by atoms with Crippen molar-refractivity contribution >= 4 is 28.4 Å². The van der Waals surface area contributed by atoms with E-state index in [1.165, 1.54) is 0 Å². The number of aryl methyl sites for hydroxylation is 1. The van der Waals surface area contributed by atoms with Gasteiger partial charge in [0.15, 0.2) is 0 Å². The molecule has 0 saturated carbocycles. The van der Waals surface area contributed by atoms with Crippen molar-refractivity contribution in [2.75, 3.05) is 0 Å². The molecule has 2 aromatic heterocycles. The molecule has 0 aliphatic rings. The maximum absolute atomic E-state index is 12.1. The average Bonchev–Trinajstić information content (AvgIpc) is 3.06. The maximum atomic E-state index is 12.1. The zero-order chi connectivity index (χ0) is 14.8. The van der Waals surface area contributed by atoms with E-state index in [2.05, 4.69) is 10.3 Å². The summed E-state index contributed by atoms with van der Waals surface area (Å²) in [6.07, 6.45) is 1.90. The van der Waals surface area contributed by atoms with E-state index in [4.69, 9.17) is 16.0 Å². The third kappa shape index (κ3) is 2.95. The summed E-state index contributed by atoms with van der Waals surface area (Å²) in [7, 11) is 0. The molecule has 5 heteroatoms. The minimum absolute atomic E-state index is 0.0459. The third-order valence-electron chi connectivity index (χ3n) is 3.46. The molecule has 108 valence electrons. The van der Waals surface area contributed by atoms with Gasteiger partial charge < -0.3 is 14.7 Å². The number of nitrogens with one attached hydrogen (secondary N) is 2. The van der Waals surface area contributed by atoms with Gasteiger partial charge in [-0.3, -0.25) is 4.79 Å². The Morgan fingerprint density at radius 3 is 3.00 bits per heavy atom.